The molecule has 3 aromatic heterocycles. The number of β-lactam (4-membered cyclic amide) rings is 1. The topological polar surface area (TPSA) is 310 Å². The first-order valence-corrected chi connectivity index (χ1v) is 14.6. The molecule has 0 unspecified atom stereocenters. The summed E-state index contributed by atoms with van der Waals surface area (Å²) in [7, 11) is -5.13. The summed E-state index contributed by atoms with van der Waals surface area (Å²) in [6.07, 6.45) is 3.19. The fourth-order valence-corrected chi connectivity index (χ4v) is 5.08. The monoisotopic (exact) mass is 665 g/mol. The van der Waals surface area contributed by atoms with E-state index in [0.29, 0.717) is 0 Å². The quantitative estimate of drug-likeness (QED) is 0.0508. The van der Waals surface area contributed by atoms with Crippen molar-refractivity contribution in [2.45, 2.75) is 31.5 Å². The number of aliphatic carboxylic acids is 1. The number of nitrogens with one attached hydrogen (secondary N) is 3. The largest absolute Gasteiger partial charge is 0.503 e. The van der Waals surface area contributed by atoms with E-state index in [1.54, 1.807) is 0 Å². The molecule has 4 rings (SSSR count). The van der Waals surface area contributed by atoms with Crippen molar-refractivity contribution in [2.24, 2.45) is 5.16 Å². The van der Waals surface area contributed by atoms with Crippen molar-refractivity contribution in [3.8, 4) is 17.3 Å². The highest BCUT2D eigenvalue weighted by atomic mass is 32.2. The Balaban J connectivity index is 1.51. The highest BCUT2D eigenvalue weighted by Crippen LogP contribution is 2.24. The van der Waals surface area contributed by atoms with Crippen LogP contribution in [-0.4, -0.2) is 101 Å². The van der Waals surface area contributed by atoms with Gasteiger partial charge in [-0.3, -0.25) is 23.7 Å². The summed E-state index contributed by atoms with van der Waals surface area (Å²) >= 11 is 0.906. The molecule has 3 aromatic rings. The summed E-state index contributed by atoms with van der Waals surface area (Å²) < 4.78 is 33.4. The maximum atomic E-state index is 13.2. The van der Waals surface area contributed by atoms with Crippen molar-refractivity contribution >= 4 is 56.2 Å². The number of carbonyl (C=O) groups excluding carboxylic acids is 3. The molecule has 0 bridgehead atoms. The predicted octanol–water partition coefficient (Wildman–Crippen LogP) is -1.91. The van der Waals surface area contributed by atoms with Gasteiger partial charge >= 0.3 is 16.3 Å². The van der Waals surface area contributed by atoms with E-state index in [-0.39, 0.29) is 32.2 Å². The molecule has 3 amide bonds. The zero-order valence-electron chi connectivity index (χ0n) is 23.0. The van der Waals surface area contributed by atoms with Gasteiger partial charge in [-0.2, -0.15) is 8.42 Å². The second-order valence-electron chi connectivity index (χ2n) is 9.65. The van der Waals surface area contributed by atoms with Crippen LogP contribution in [-0.2, 0) is 29.5 Å². The van der Waals surface area contributed by atoms with Crippen molar-refractivity contribution in [1.29, 1.82) is 0 Å². The number of aromatic nitrogens is 4. The van der Waals surface area contributed by atoms with Gasteiger partial charge in [-0.25, -0.2) is 24.1 Å². The van der Waals surface area contributed by atoms with Crippen LogP contribution in [0.3, 0.4) is 0 Å². The first-order valence-electron chi connectivity index (χ1n) is 12.3. The molecule has 0 aromatic carbocycles. The number of carboxylic acids is 1. The van der Waals surface area contributed by atoms with Crippen molar-refractivity contribution in [3.05, 3.63) is 51.5 Å². The Hall–Kier alpha value is -5.48. The Morgan fingerprint density at radius 1 is 1.24 bits per heavy atom. The number of nitrogen functional groups attached to an aromatic ring is 1. The van der Waals surface area contributed by atoms with Gasteiger partial charge in [0.1, 0.15) is 11.7 Å². The van der Waals surface area contributed by atoms with E-state index in [9.17, 15) is 47.2 Å². The Kier molecular flexibility index (Phi) is 8.83. The summed E-state index contributed by atoms with van der Waals surface area (Å²) in [6, 6.07) is -2.12. The van der Waals surface area contributed by atoms with Crippen molar-refractivity contribution in [3.63, 3.8) is 0 Å². The minimum Gasteiger partial charge on any atom is -0.503 e. The minimum atomic E-state index is -5.13. The SMILES string of the molecule is CC(C)(O/N=C(\C(=O)N[C@@H]1C(=O)N(S(=O)(=O)O)[C@@H]1CNC(=O)c1cnc(-c2cc(=O)c(O)c[nH]2)nc1)c1csc(N)n1)C(=O)O. The van der Waals surface area contributed by atoms with E-state index in [1.165, 1.54) is 5.38 Å². The van der Waals surface area contributed by atoms with Crippen LogP contribution >= 0.6 is 11.3 Å². The predicted molar refractivity (Wildman–Crippen MR) is 152 cm³/mol. The smallest absolute Gasteiger partial charge is 0.362 e. The standard InChI is InChI=1S/C23H23N9O11S2/c1-23(2,21(38)39)43-31-15(11-8-44-22(24)29-11)19(36)30-16-12(32(20(16)37)45(40,41)42)6-28-18(35)9-4-26-17(27-5-9)10-3-13(33)14(34)7-25-10/h3-5,7-8,12,16,34H,6H2,1-2H3,(H2,24,29)(H,25,33)(H,28,35)(H,30,36)(H,38,39)(H,40,41,42)/b31-15-/t12-,16+/m1/s1. The number of nitrogens with two attached hydrogens (primary N) is 1. The van der Waals surface area contributed by atoms with Crippen molar-refractivity contribution in [1.82, 2.24) is 34.9 Å². The van der Waals surface area contributed by atoms with E-state index in [0.717, 1.165) is 49.8 Å². The third-order valence-corrected chi connectivity index (χ3v) is 7.70. The average Bonchev–Trinajstić information content (AvgIpc) is 3.39. The van der Waals surface area contributed by atoms with Crippen LogP contribution in [0.25, 0.3) is 11.5 Å². The van der Waals surface area contributed by atoms with Gasteiger partial charge < -0.3 is 36.4 Å². The molecule has 22 heteroatoms. The molecule has 1 aliphatic rings. The molecule has 8 N–H and O–H groups in total. The number of anilines is 1. The molecule has 1 saturated heterocycles. The molecule has 0 radical (unpaired) electrons. The number of hydrogen-bond acceptors (Lipinski definition) is 15. The highest BCUT2D eigenvalue weighted by Gasteiger charge is 2.54. The van der Waals surface area contributed by atoms with E-state index in [2.05, 4.69) is 35.7 Å². The number of thiazole rings is 1. The van der Waals surface area contributed by atoms with Crippen LogP contribution in [0.5, 0.6) is 5.75 Å². The third kappa shape index (κ3) is 7.02. The lowest BCUT2D eigenvalue weighted by Gasteiger charge is -2.44. The number of amides is 3. The summed E-state index contributed by atoms with van der Waals surface area (Å²) in [6.45, 7) is 1.68. The molecular formula is C23H23N9O11S2. The molecule has 0 saturated carbocycles. The number of carboxylic acid groups (broad SMARTS) is 1. The van der Waals surface area contributed by atoms with E-state index < -0.39 is 75.1 Å². The van der Waals surface area contributed by atoms with Crippen LogP contribution in [0.2, 0.25) is 0 Å². The van der Waals surface area contributed by atoms with Gasteiger partial charge in [-0.1, -0.05) is 5.16 Å². The molecule has 1 aliphatic heterocycles. The van der Waals surface area contributed by atoms with Gasteiger partial charge in [-0.15, -0.1) is 11.3 Å². The molecule has 2 atom stereocenters. The number of pyridine rings is 1. The van der Waals surface area contributed by atoms with Crippen LogP contribution in [0.1, 0.15) is 29.9 Å². The van der Waals surface area contributed by atoms with Crippen LogP contribution < -0.4 is 21.8 Å². The number of carbonyl (C=O) groups is 4. The maximum Gasteiger partial charge on any atom is 0.362 e. The molecule has 0 spiro atoms. The van der Waals surface area contributed by atoms with Gasteiger partial charge in [0.25, 0.3) is 17.7 Å². The van der Waals surface area contributed by atoms with Crippen LogP contribution in [0.4, 0.5) is 5.13 Å². The van der Waals surface area contributed by atoms with Crippen LogP contribution in [0, 0.1) is 0 Å². The van der Waals surface area contributed by atoms with E-state index in [1.807, 2.05) is 0 Å². The van der Waals surface area contributed by atoms with Gasteiger partial charge in [0.05, 0.1) is 17.3 Å². The summed E-state index contributed by atoms with van der Waals surface area (Å²) in [4.78, 5) is 81.1. The van der Waals surface area contributed by atoms with Crippen molar-refractivity contribution < 1.29 is 47.2 Å². The number of aromatic hydroxyl groups is 1. The number of H-pyrrole nitrogens is 1. The highest BCUT2D eigenvalue weighted by molar-refractivity contribution is 7.84. The van der Waals surface area contributed by atoms with Gasteiger partial charge in [0.2, 0.25) is 11.0 Å². The minimum absolute atomic E-state index is 0.00336. The lowest BCUT2D eigenvalue weighted by molar-refractivity contribution is -0.161. The summed E-state index contributed by atoms with van der Waals surface area (Å²) in [5.41, 5.74) is 2.29. The third-order valence-electron chi connectivity index (χ3n) is 6.08. The number of aromatic amines is 1. The fourth-order valence-electron chi connectivity index (χ4n) is 3.65. The van der Waals surface area contributed by atoms with E-state index >= 15 is 0 Å². The van der Waals surface area contributed by atoms with E-state index in [4.69, 9.17) is 10.6 Å². The van der Waals surface area contributed by atoms with Crippen molar-refractivity contribution in [2.75, 3.05) is 12.3 Å². The number of hydrogen-bond donors (Lipinski definition) is 7. The Morgan fingerprint density at radius 3 is 2.47 bits per heavy atom. The molecule has 45 heavy (non-hydrogen) atoms. The second-order valence-corrected chi connectivity index (χ2v) is 11.8. The van der Waals surface area contributed by atoms with Gasteiger partial charge in [0, 0.05) is 36.6 Å². The lowest BCUT2D eigenvalue weighted by atomic mass is 9.98. The van der Waals surface area contributed by atoms with Crippen LogP contribution in [0.15, 0.2) is 40.0 Å². The average molecular weight is 666 g/mol. The first-order chi connectivity index (χ1) is 21.0. The number of oxime groups is 1. The molecule has 238 valence electrons. The first kappa shape index (κ1) is 32.4. The normalized spacial score (nSPS) is 16.9. The number of rotatable bonds is 11. The maximum absolute atomic E-state index is 13.2. The molecular weight excluding hydrogens is 642 g/mol. The Morgan fingerprint density at radius 2 is 1.91 bits per heavy atom. The Bertz CT molecular complexity index is 1870. The number of nitrogens with zero attached hydrogens (tertiary/aromatic N) is 5. The fraction of sp³-hybridized carbons (Fsp3) is 0.261. The zero-order chi connectivity index (χ0) is 33.3. The Labute approximate surface area is 255 Å². The summed E-state index contributed by atoms with van der Waals surface area (Å²) in [5, 5.41) is 28.1. The zero-order valence-corrected chi connectivity index (χ0v) is 24.6. The molecule has 4 heterocycles. The second kappa shape index (κ2) is 12.3. The lowest BCUT2D eigenvalue weighted by Crippen LogP contribution is -2.74. The molecule has 1 fully saturated rings. The van der Waals surface area contributed by atoms with Gasteiger partial charge in [0.15, 0.2) is 22.4 Å². The molecule has 20 nitrogen and oxygen atoms in total. The summed E-state index contributed by atoms with van der Waals surface area (Å²) in [5.74, 6) is -5.20. The van der Waals surface area contributed by atoms with Gasteiger partial charge in [-0.05, 0) is 13.8 Å². The molecule has 0 aliphatic carbocycles.